The van der Waals surface area contributed by atoms with Crippen molar-refractivity contribution in [2.24, 2.45) is 0 Å². The number of hydrogen-bond acceptors (Lipinski definition) is 4. The van der Waals surface area contributed by atoms with Gasteiger partial charge in [0, 0.05) is 5.56 Å². The molecule has 0 aliphatic carbocycles. The number of carbonyl (C=O) groups is 2. The van der Waals surface area contributed by atoms with Crippen LogP contribution in [-0.4, -0.2) is 30.1 Å². The van der Waals surface area contributed by atoms with Crippen LogP contribution in [0.15, 0.2) is 42.5 Å². The number of hydrogen-bond donors (Lipinski definition) is 3. The molecule has 0 spiro atoms. The molecule has 0 bridgehead atoms. The smallest absolute Gasteiger partial charge is 0.387 e. The predicted molar refractivity (Wildman–Crippen MR) is 86.9 cm³/mol. The van der Waals surface area contributed by atoms with Gasteiger partial charge in [-0.3, -0.25) is 9.59 Å². The Hall–Kier alpha value is -3.16. The summed E-state index contributed by atoms with van der Waals surface area (Å²) in [7, 11) is 0. The largest absolute Gasteiger partial charge is 0.506 e. The molecule has 3 N–H and O–H groups in total. The highest BCUT2D eigenvalue weighted by molar-refractivity contribution is 5.99. The van der Waals surface area contributed by atoms with Crippen molar-refractivity contribution in [2.45, 2.75) is 13.5 Å². The number of amides is 2. The lowest BCUT2D eigenvalue weighted by molar-refractivity contribution is -0.115. The number of nitrogens with one attached hydrogen (secondary N) is 2. The standard InChI is InChI=1S/C17H16F2N2O4/c1-10-2-7-13(14(22)8-10)21-15(23)9-20-16(24)11-3-5-12(6-4-11)25-17(18)19/h2-8,17,22H,9H2,1H3,(H,20,24)(H,21,23). The summed E-state index contributed by atoms with van der Waals surface area (Å²) in [6.07, 6.45) is 0. The Balaban J connectivity index is 1.87. The minimum absolute atomic E-state index is 0.0702. The Morgan fingerprint density at radius 1 is 1.16 bits per heavy atom. The number of phenolic OH excluding ortho intramolecular Hbond substituents is 1. The summed E-state index contributed by atoms with van der Waals surface area (Å²) in [5.74, 6) is -1.22. The van der Waals surface area contributed by atoms with E-state index in [0.717, 1.165) is 5.56 Å². The van der Waals surface area contributed by atoms with Gasteiger partial charge in [-0.25, -0.2) is 0 Å². The van der Waals surface area contributed by atoms with Gasteiger partial charge in [0.15, 0.2) is 0 Å². The predicted octanol–water partition coefficient (Wildman–Crippen LogP) is 2.67. The molecule has 0 saturated carbocycles. The number of benzene rings is 2. The van der Waals surface area contributed by atoms with Crippen LogP contribution in [0, 0.1) is 6.92 Å². The summed E-state index contributed by atoms with van der Waals surface area (Å²) in [6.45, 7) is -1.47. The highest BCUT2D eigenvalue weighted by Crippen LogP contribution is 2.23. The zero-order valence-corrected chi connectivity index (χ0v) is 13.3. The first-order valence-corrected chi connectivity index (χ1v) is 7.27. The zero-order chi connectivity index (χ0) is 18.4. The fraction of sp³-hybridized carbons (Fsp3) is 0.176. The van der Waals surface area contributed by atoms with E-state index in [9.17, 15) is 23.5 Å². The minimum atomic E-state index is -2.94. The molecule has 0 unspecified atom stereocenters. The van der Waals surface area contributed by atoms with Gasteiger partial charge in [0.1, 0.15) is 11.5 Å². The van der Waals surface area contributed by atoms with E-state index in [1.165, 1.54) is 30.3 Å². The second-order valence-electron chi connectivity index (χ2n) is 5.15. The molecule has 2 amide bonds. The molecule has 2 rings (SSSR count). The van der Waals surface area contributed by atoms with E-state index >= 15 is 0 Å². The summed E-state index contributed by atoms with van der Waals surface area (Å²) in [6, 6.07) is 9.82. The van der Waals surface area contributed by atoms with Crippen molar-refractivity contribution >= 4 is 17.5 Å². The molecule has 25 heavy (non-hydrogen) atoms. The number of rotatable bonds is 6. The van der Waals surface area contributed by atoms with E-state index in [1.807, 2.05) is 0 Å². The Labute approximate surface area is 142 Å². The second kappa shape index (κ2) is 8.09. The molecule has 0 aliphatic rings. The van der Waals surface area contributed by atoms with Crippen LogP contribution in [-0.2, 0) is 4.79 Å². The second-order valence-corrected chi connectivity index (χ2v) is 5.15. The van der Waals surface area contributed by atoms with E-state index in [0.29, 0.717) is 0 Å². The van der Waals surface area contributed by atoms with Gasteiger partial charge >= 0.3 is 6.61 Å². The third-order valence-electron chi connectivity index (χ3n) is 3.18. The van der Waals surface area contributed by atoms with Crippen LogP contribution in [0.1, 0.15) is 15.9 Å². The highest BCUT2D eigenvalue weighted by Gasteiger charge is 2.11. The lowest BCUT2D eigenvalue weighted by Gasteiger charge is -2.09. The lowest BCUT2D eigenvalue weighted by Crippen LogP contribution is -2.32. The molecular formula is C17H16F2N2O4. The maximum absolute atomic E-state index is 12.1. The van der Waals surface area contributed by atoms with E-state index in [-0.39, 0.29) is 29.3 Å². The molecule has 2 aromatic carbocycles. The fourth-order valence-corrected chi connectivity index (χ4v) is 1.99. The molecule has 0 saturated heterocycles. The maximum Gasteiger partial charge on any atom is 0.387 e. The average Bonchev–Trinajstić information content (AvgIpc) is 2.55. The zero-order valence-electron chi connectivity index (χ0n) is 13.3. The van der Waals surface area contributed by atoms with Gasteiger partial charge in [-0.15, -0.1) is 0 Å². The van der Waals surface area contributed by atoms with Gasteiger partial charge in [0.2, 0.25) is 5.91 Å². The number of aryl methyl sites for hydroxylation is 1. The van der Waals surface area contributed by atoms with E-state index in [4.69, 9.17) is 0 Å². The van der Waals surface area contributed by atoms with Crippen LogP contribution < -0.4 is 15.4 Å². The lowest BCUT2D eigenvalue weighted by atomic mass is 10.2. The molecule has 2 aromatic rings. The molecule has 6 nitrogen and oxygen atoms in total. The summed E-state index contributed by atoms with van der Waals surface area (Å²) in [5.41, 5.74) is 1.26. The van der Waals surface area contributed by atoms with Gasteiger partial charge in [-0.05, 0) is 48.9 Å². The third kappa shape index (κ3) is 5.45. The average molecular weight is 350 g/mol. The number of aromatic hydroxyl groups is 1. The highest BCUT2D eigenvalue weighted by atomic mass is 19.3. The van der Waals surface area contributed by atoms with Gasteiger partial charge < -0.3 is 20.5 Å². The molecule has 132 valence electrons. The van der Waals surface area contributed by atoms with Crippen LogP contribution in [0.4, 0.5) is 14.5 Å². The molecule has 0 atom stereocenters. The summed E-state index contributed by atoms with van der Waals surface area (Å²) < 4.78 is 28.3. The van der Waals surface area contributed by atoms with Crippen molar-refractivity contribution < 1.29 is 28.2 Å². The number of alkyl halides is 2. The van der Waals surface area contributed by atoms with Crippen molar-refractivity contribution in [3.63, 3.8) is 0 Å². The number of phenols is 1. The topological polar surface area (TPSA) is 87.7 Å². The van der Waals surface area contributed by atoms with Crippen LogP contribution in [0.5, 0.6) is 11.5 Å². The molecule has 0 aliphatic heterocycles. The minimum Gasteiger partial charge on any atom is -0.506 e. The first kappa shape index (κ1) is 18.2. The first-order chi connectivity index (χ1) is 11.8. The fourth-order valence-electron chi connectivity index (χ4n) is 1.99. The molecular weight excluding hydrogens is 334 g/mol. The molecule has 0 aromatic heterocycles. The molecule has 0 radical (unpaired) electrons. The normalized spacial score (nSPS) is 10.4. The van der Waals surface area contributed by atoms with E-state index in [2.05, 4.69) is 15.4 Å². The molecule has 0 fully saturated rings. The molecule has 0 heterocycles. The van der Waals surface area contributed by atoms with E-state index < -0.39 is 18.4 Å². The quantitative estimate of drug-likeness (QED) is 0.699. The van der Waals surface area contributed by atoms with Crippen LogP contribution in [0.3, 0.4) is 0 Å². The van der Waals surface area contributed by atoms with Crippen LogP contribution in [0.2, 0.25) is 0 Å². The monoisotopic (exact) mass is 350 g/mol. The SMILES string of the molecule is Cc1ccc(NC(=O)CNC(=O)c2ccc(OC(F)F)cc2)c(O)c1. The van der Waals surface area contributed by atoms with Gasteiger partial charge in [-0.1, -0.05) is 6.07 Å². The van der Waals surface area contributed by atoms with Crippen molar-refractivity contribution in [1.82, 2.24) is 5.32 Å². The van der Waals surface area contributed by atoms with Gasteiger partial charge in [0.05, 0.1) is 12.2 Å². The maximum atomic E-state index is 12.1. The van der Waals surface area contributed by atoms with Gasteiger partial charge in [-0.2, -0.15) is 8.78 Å². The first-order valence-electron chi connectivity index (χ1n) is 7.27. The number of halogens is 2. The summed E-state index contributed by atoms with van der Waals surface area (Å²) in [4.78, 5) is 23.7. The Bertz CT molecular complexity index is 764. The summed E-state index contributed by atoms with van der Waals surface area (Å²) >= 11 is 0. The number of anilines is 1. The third-order valence-corrected chi connectivity index (χ3v) is 3.18. The van der Waals surface area contributed by atoms with E-state index in [1.54, 1.807) is 19.1 Å². The summed E-state index contributed by atoms with van der Waals surface area (Å²) in [5, 5.41) is 14.6. The Kier molecular flexibility index (Phi) is 5.89. The number of carbonyl (C=O) groups excluding carboxylic acids is 2. The Morgan fingerprint density at radius 3 is 2.44 bits per heavy atom. The number of ether oxygens (including phenoxy) is 1. The van der Waals surface area contributed by atoms with Crippen LogP contribution in [0.25, 0.3) is 0 Å². The van der Waals surface area contributed by atoms with Crippen molar-refractivity contribution in [3.05, 3.63) is 53.6 Å². The Morgan fingerprint density at radius 2 is 1.84 bits per heavy atom. The van der Waals surface area contributed by atoms with Gasteiger partial charge in [0.25, 0.3) is 5.91 Å². The van der Waals surface area contributed by atoms with Crippen molar-refractivity contribution in [2.75, 3.05) is 11.9 Å². The van der Waals surface area contributed by atoms with Crippen molar-refractivity contribution in [3.8, 4) is 11.5 Å². The van der Waals surface area contributed by atoms with Crippen molar-refractivity contribution in [1.29, 1.82) is 0 Å². The van der Waals surface area contributed by atoms with Crippen LogP contribution >= 0.6 is 0 Å². The molecule has 8 heteroatoms.